The van der Waals surface area contributed by atoms with Gasteiger partial charge in [-0.05, 0) is 77.9 Å². The van der Waals surface area contributed by atoms with Crippen LogP contribution < -0.4 is 10.9 Å². The van der Waals surface area contributed by atoms with Gasteiger partial charge in [0.05, 0.1) is 0 Å². The normalized spacial score (nSPS) is 11.1. The van der Waals surface area contributed by atoms with E-state index in [0.29, 0.717) is 24.1 Å². The monoisotopic (exact) mass is 370 g/mol. The van der Waals surface area contributed by atoms with Crippen LogP contribution in [-0.4, -0.2) is 17.4 Å². The Morgan fingerprint density at radius 3 is 2.46 bits per heavy atom. The number of fused-ring (bicyclic) bond motifs is 2. The van der Waals surface area contributed by atoms with Crippen LogP contribution in [0.1, 0.15) is 27.0 Å². The largest absolute Gasteiger partial charge is 0.352 e. The molecule has 0 saturated carbocycles. The van der Waals surface area contributed by atoms with Crippen molar-refractivity contribution in [2.75, 3.05) is 6.54 Å². The molecule has 4 aromatic rings. The maximum atomic E-state index is 12.5. The van der Waals surface area contributed by atoms with Gasteiger partial charge in [-0.1, -0.05) is 30.3 Å². The van der Waals surface area contributed by atoms with Gasteiger partial charge in [0.15, 0.2) is 0 Å². The molecule has 1 heterocycles. The first-order valence-electron chi connectivity index (χ1n) is 9.41. The number of hydrogen-bond donors (Lipinski definition) is 2. The summed E-state index contributed by atoms with van der Waals surface area (Å²) >= 11 is 0. The van der Waals surface area contributed by atoms with Gasteiger partial charge in [0.2, 0.25) is 0 Å². The average molecular weight is 370 g/mol. The fraction of sp³-hybridized carbons (Fsp3) is 0.167. The Labute approximate surface area is 163 Å². The van der Waals surface area contributed by atoms with Crippen LogP contribution >= 0.6 is 0 Å². The molecule has 0 atom stereocenters. The summed E-state index contributed by atoms with van der Waals surface area (Å²) in [5, 5.41) is 6.07. The minimum absolute atomic E-state index is 0.101. The van der Waals surface area contributed by atoms with E-state index in [2.05, 4.69) is 23.3 Å². The first-order chi connectivity index (χ1) is 13.5. The summed E-state index contributed by atoms with van der Waals surface area (Å²) in [7, 11) is 0. The molecule has 3 aromatic carbocycles. The lowest BCUT2D eigenvalue weighted by molar-refractivity contribution is 0.0954. The molecule has 0 radical (unpaired) electrons. The second-order valence-corrected chi connectivity index (χ2v) is 7.22. The Morgan fingerprint density at radius 2 is 1.64 bits per heavy atom. The molecule has 4 heteroatoms. The molecule has 0 unspecified atom stereocenters. The number of benzene rings is 3. The number of amides is 1. The number of H-pyrrole nitrogens is 1. The third kappa shape index (κ3) is 3.54. The molecule has 4 nitrogen and oxygen atoms in total. The third-order valence-electron chi connectivity index (χ3n) is 5.23. The molecule has 0 aliphatic heterocycles. The van der Waals surface area contributed by atoms with Crippen LogP contribution in [0.2, 0.25) is 0 Å². The maximum absolute atomic E-state index is 12.5. The smallest absolute Gasteiger partial charge is 0.251 e. The number of aromatic amines is 1. The summed E-state index contributed by atoms with van der Waals surface area (Å²) < 4.78 is 0. The van der Waals surface area contributed by atoms with Crippen LogP contribution in [-0.2, 0) is 6.42 Å². The van der Waals surface area contributed by atoms with E-state index in [9.17, 15) is 9.59 Å². The van der Waals surface area contributed by atoms with Crippen LogP contribution in [0.5, 0.6) is 0 Å². The molecule has 0 aliphatic carbocycles. The van der Waals surface area contributed by atoms with E-state index in [1.165, 1.54) is 5.56 Å². The Morgan fingerprint density at radius 1 is 0.893 bits per heavy atom. The molecule has 1 amide bonds. The second kappa shape index (κ2) is 7.31. The summed E-state index contributed by atoms with van der Waals surface area (Å²) in [6.45, 7) is 4.50. The summed E-state index contributed by atoms with van der Waals surface area (Å²) in [4.78, 5) is 27.8. The highest BCUT2D eigenvalue weighted by Crippen LogP contribution is 2.18. The topological polar surface area (TPSA) is 62.0 Å². The van der Waals surface area contributed by atoms with E-state index < -0.39 is 0 Å². The lowest BCUT2D eigenvalue weighted by Crippen LogP contribution is -2.27. The number of hydrogen-bond acceptors (Lipinski definition) is 2. The number of aromatic nitrogens is 1. The van der Waals surface area contributed by atoms with Crippen LogP contribution in [0.25, 0.3) is 21.7 Å². The average Bonchev–Trinajstić information content (AvgIpc) is 2.69. The number of carbonyl (C=O) groups excluding carboxylic acids is 1. The fourth-order valence-electron chi connectivity index (χ4n) is 3.45. The molecule has 0 spiro atoms. The fourth-order valence-corrected chi connectivity index (χ4v) is 3.45. The van der Waals surface area contributed by atoms with Gasteiger partial charge in [-0.3, -0.25) is 9.59 Å². The highest BCUT2D eigenvalue weighted by atomic mass is 16.1. The standard InChI is InChI=1S/C24H22N2O2/c1-15-11-21-14-20(24(28)26-22(21)12-16(15)2)9-10-25-23(27)19-8-7-17-5-3-4-6-18(17)13-19/h3-8,11-14H,9-10H2,1-2H3,(H,25,27)(H,26,28). The van der Waals surface area contributed by atoms with Crippen molar-refractivity contribution < 1.29 is 4.79 Å². The predicted molar refractivity (Wildman–Crippen MR) is 114 cm³/mol. The summed E-state index contributed by atoms with van der Waals surface area (Å²) in [5.74, 6) is -0.130. The van der Waals surface area contributed by atoms with E-state index in [4.69, 9.17) is 0 Å². The van der Waals surface area contributed by atoms with Gasteiger partial charge >= 0.3 is 0 Å². The molecule has 140 valence electrons. The van der Waals surface area contributed by atoms with Gasteiger partial charge < -0.3 is 10.3 Å². The first-order valence-corrected chi connectivity index (χ1v) is 9.41. The number of nitrogens with one attached hydrogen (secondary N) is 2. The zero-order chi connectivity index (χ0) is 19.7. The Hall–Kier alpha value is -3.40. The molecule has 4 rings (SSSR count). The van der Waals surface area contributed by atoms with Crippen molar-refractivity contribution in [3.05, 3.63) is 93.3 Å². The lowest BCUT2D eigenvalue weighted by Gasteiger charge is -2.08. The van der Waals surface area contributed by atoms with Crippen LogP contribution in [0.4, 0.5) is 0 Å². The quantitative estimate of drug-likeness (QED) is 0.563. The summed E-state index contributed by atoms with van der Waals surface area (Å²) in [6, 6.07) is 19.6. The van der Waals surface area contributed by atoms with E-state index in [1.807, 2.05) is 61.5 Å². The molecular formula is C24H22N2O2. The van der Waals surface area contributed by atoms with E-state index >= 15 is 0 Å². The second-order valence-electron chi connectivity index (χ2n) is 7.22. The molecule has 28 heavy (non-hydrogen) atoms. The van der Waals surface area contributed by atoms with Gasteiger partial charge in [0.1, 0.15) is 0 Å². The summed E-state index contributed by atoms with van der Waals surface area (Å²) in [6.07, 6.45) is 0.484. The number of aryl methyl sites for hydroxylation is 2. The molecule has 0 bridgehead atoms. The minimum atomic E-state index is -0.130. The van der Waals surface area contributed by atoms with E-state index in [-0.39, 0.29) is 11.5 Å². The molecular weight excluding hydrogens is 348 g/mol. The zero-order valence-corrected chi connectivity index (χ0v) is 16.0. The SMILES string of the molecule is Cc1cc2cc(CCNC(=O)c3ccc4ccccc4c3)c(=O)[nH]c2cc1C. The van der Waals surface area contributed by atoms with Gasteiger partial charge in [-0.25, -0.2) is 0 Å². The maximum Gasteiger partial charge on any atom is 0.251 e. The van der Waals surface area contributed by atoms with Crippen molar-refractivity contribution >= 4 is 27.6 Å². The lowest BCUT2D eigenvalue weighted by atomic mass is 10.0. The first kappa shape index (κ1) is 18.0. The van der Waals surface area contributed by atoms with Crippen molar-refractivity contribution in [2.45, 2.75) is 20.3 Å². The zero-order valence-electron chi connectivity index (χ0n) is 16.0. The van der Waals surface area contributed by atoms with Crippen molar-refractivity contribution in [1.29, 1.82) is 0 Å². The van der Waals surface area contributed by atoms with Crippen LogP contribution in [0.3, 0.4) is 0 Å². The van der Waals surface area contributed by atoms with Crippen molar-refractivity contribution in [3.63, 3.8) is 0 Å². The number of rotatable bonds is 4. The number of carbonyl (C=O) groups is 1. The van der Waals surface area contributed by atoms with E-state index in [1.54, 1.807) is 0 Å². The molecule has 0 saturated heterocycles. The molecule has 0 fully saturated rings. The summed E-state index contributed by atoms with van der Waals surface area (Å²) in [5.41, 5.74) is 4.38. The van der Waals surface area contributed by atoms with Gasteiger partial charge in [-0.2, -0.15) is 0 Å². The van der Waals surface area contributed by atoms with E-state index in [0.717, 1.165) is 27.2 Å². The van der Waals surface area contributed by atoms with Gasteiger partial charge in [0, 0.05) is 23.2 Å². The predicted octanol–water partition coefficient (Wildman–Crippen LogP) is 4.27. The van der Waals surface area contributed by atoms with Crippen LogP contribution in [0, 0.1) is 13.8 Å². The number of pyridine rings is 1. The Balaban J connectivity index is 1.48. The van der Waals surface area contributed by atoms with Crippen LogP contribution in [0.15, 0.2) is 65.5 Å². The van der Waals surface area contributed by atoms with Crippen molar-refractivity contribution in [2.24, 2.45) is 0 Å². The van der Waals surface area contributed by atoms with Gasteiger partial charge in [-0.15, -0.1) is 0 Å². The van der Waals surface area contributed by atoms with Crippen molar-refractivity contribution in [1.82, 2.24) is 10.3 Å². The highest BCUT2D eigenvalue weighted by Gasteiger charge is 2.08. The molecule has 0 aliphatic rings. The Kier molecular flexibility index (Phi) is 4.70. The molecule has 1 aromatic heterocycles. The van der Waals surface area contributed by atoms with Crippen molar-refractivity contribution in [3.8, 4) is 0 Å². The Bertz CT molecular complexity index is 1250. The highest BCUT2D eigenvalue weighted by molar-refractivity contribution is 5.98. The van der Waals surface area contributed by atoms with Gasteiger partial charge in [0.25, 0.3) is 11.5 Å². The third-order valence-corrected chi connectivity index (χ3v) is 5.23. The minimum Gasteiger partial charge on any atom is -0.352 e. The molecule has 2 N–H and O–H groups in total.